The average molecular weight is 385 g/mol. The molecule has 1 aliphatic rings. The third-order valence-electron chi connectivity index (χ3n) is 5.11. The quantitative estimate of drug-likeness (QED) is 0.692. The predicted molar refractivity (Wildman–Crippen MR) is 104 cm³/mol. The summed E-state index contributed by atoms with van der Waals surface area (Å²) in [5.74, 6) is 0. The van der Waals surface area contributed by atoms with Gasteiger partial charge in [0.1, 0.15) is 0 Å². The van der Waals surface area contributed by atoms with E-state index in [1.54, 1.807) is 48.5 Å². The van der Waals surface area contributed by atoms with Gasteiger partial charge in [-0.25, -0.2) is 0 Å². The van der Waals surface area contributed by atoms with E-state index in [0.717, 1.165) is 19.3 Å². The Bertz CT molecular complexity index is 1170. The number of aromatic nitrogens is 1. The lowest BCUT2D eigenvalue weighted by molar-refractivity contribution is 0.252. The van der Waals surface area contributed by atoms with Crippen molar-refractivity contribution in [3.63, 3.8) is 0 Å². The molecule has 0 atom stereocenters. The SMILES string of the molecule is O=c1c2ccccc2c2ccccc2c(=O)n1OS(=O)(=O)C1CCCCC1. The first-order valence-corrected chi connectivity index (χ1v) is 10.5. The minimum absolute atomic E-state index is 0.231. The van der Waals surface area contributed by atoms with Crippen LogP contribution in [0.4, 0.5) is 0 Å². The minimum atomic E-state index is -4.09. The molecule has 140 valence electrons. The summed E-state index contributed by atoms with van der Waals surface area (Å²) in [6.45, 7) is 0. The van der Waals surface area contributed by atoms with E-state index in [-0.39, 0.29) is 10.8 Å². The number of nitrogens with zero attached hydrogens (tertiary/aromatic N) is 1. The third kappa shape index (κ3) is 3.12. The first-order valence-electron chi connectivity index (χ1n) is 8.99. The second kappa shape index (κ2) is 6.81. The van der Waals surface area contributed by atoms with Gasteiger partial charge in [-0.05, 0) is 35.7 Å². The predicted octanol–water partition coefficient (Wildman–Crippen LogP) is 2.61. The molecular formula is C20H19NO5S. The molecule has 1 saturated carbocycles. The van der Waals surface area contributed by atoms with E-state index in [9.17, 15) is 18.0 Å². The summed E-state index contributed by atoms with van der Waals surface area (Å²) >= 11 is 0. The van der Waals surface area contributed by atoms with Gasteiger partial charge in [0.25, 0.3) is 11.1 Å². The number of fused-ring (bicyclic) bond motifs is 3. The van der Waals surface area contributed by atoms with Gasteiger partial charge in [0, 0.05) is 0 Å². The molecule has 7 heteroatoms. The Morgan fingerprint density at radius 1 is 0.741 bits per heavy atom. The Labute approximate surface area is 156 Å². The molecule has 3 aromatic rings. The summed E-state index contributed by atoms with van der Waals surface area (Å²) in [6.07, 6.45) is 3.52. The van der Waals surface area contributed by atoms with E-state index in [1.807, 2.05) is 0 Å². The van der Waals surface area contributed by atoms with Gasteiger partial charge in [0.05, 0.1) is 16.0 Å². The zero-order valence-corrected chi connectivity index (χ0v) is 15.4. The lowest BCUT2D eigenvalue weighted by Gasteiger charge is -2.20. The summed E-state index contributed by atoms with van der Waals surface area (Å²) in [5, 5.41) is 0.921. The molecule has 1 fully saturated rings. The van der Waals surface area contributed by atoms with Crippen LogP contribution in [0.15, 0.2) is 58.1 Å². The number of hydrogen-bond acceptors (Lipinski definition) is 5. The van der Waals surface area contributed by atoms with Crippen molar-refractivity contribution in [1.29, 1.82) is 0 Å². The van der Waals surface area contributed by atoms with Crippen LogP contribution in [0.1, 0.15) is 32.1 Å². The van der Waals surface area contributed by atoms with Gasteiger partial charge >= 0.3 is 10.1 Å². The highest BCUT2D eigenvalue weighted by Crippen LogP contribution is 2.24. The van der Waals surface area contributed by atoms with Gasteiger partial charge in [-0.2, -0.15) is 8.42 Å². The molecule has 0 N–H and O–H groups in total. The van der Waals surface area contributed by atoms with Crippen LogP contribution >= 0.6 is 0 Å². The van der Waals surface area contributed by atoms with Crippen molar-refractivity contribution in [1.82, 2.24) is 4.73 Å². The van der Waals surface area contributed by atoms with Gasteiger partial charge in [-0.15, -0.1) is 0 Å². The van der Waals surface area contributed by atoms with Crippen LogP contribution in [0.3, 0.4) is 0 Å². The topological polar surface area (TPSA) is 82.4 Å². The van der Waals surface area contributed by atoms with E-state index in [2.05, 4.69) is 0 Å². The first-order chi connectivity index (χ1) is 13.0. The molecule has 2 aromatic carbocycles. The zero-order chi connectivity index (χ0) is 19.0. The highest BCUT2D eigenvalue weighted by Gasteiger charge is 2.30. The number of hydrogen-bond donors (Lipinski definition) is 0. The van der Waals surface area contributed by atoms with Crippen molar-refractivity contribution >= 4 is 31.7 Å². The second-order valence-electron chi connectivity index (χ2n) is 6.82. The van der Waals surface area contributed by atoms with Gasteiger partial charge in [-0.3, -0.25) is 13.9 Å². The standard InChI is InChI=1S/C20H19NO5S/c22-19-17-12-6-4-10-15(17)16-11-5-7-13-18(16)20(23)21(19)26-27(24,25)14-8-2-1-3-9-14/h4-7,10-14H,1-3,8-9H2. The molecule has 0 spiro atoms. The van der Waals surface area contributed by atoms with Gasteiger partial charge < -0.3 is 0 Å². The van der Waals surface area contributed by atoms with E-state index < -0.39 is 26.5 Å². The fraction of sp³-hybridized carbons (Fsp3) is 0.300. The Kier molecular flexibility index (Phi) is 4.47. The summed E-state index contributed by atoms with van der Waals surface area (Å²) in [4.78, 5) is 26.0. The fourth-order valence-electron chi connectivity index (χ4n) is 3.71. The summed E-state index contributed by atoms with van der Waals surface area (Å²) in [7, 11) is -4.09. The maximum atomic E-state index is 13.0. The highest BCUT2D eigenvalue weighted by atomic mass is 32.2. The molecule has 1 aromatic heterocycles. The molecular weight excluding hydrogens is 366 g/mol. The maximum absolute atomic E-state index is 13.0. The molecule has 0 bridgehead atoms. The van der Waals surface area contributed by atoms with E-state index in [0.29, 0.717) is 28.3 Å². The van der Waals surface area contributed by atoms with Crippen LogP contribution in [-0.4, -0.2) is 18.4 Å². The largest absolute Gasteiger partial charge is 0.330 e. The molecule has 0 saturated heterocycles. The van der Waals surface area contributed by atoms with Crippen molar-refractivity contribution in [2.75, 3.05) is 0 Å². The maximum Gasteiger partial charge on any atom is 0.330 e. The van der Waals surface area contributed by atoms with Crippen molar-refractivity contribution in [3.8, 4) is 0 Å². The van der Waals surface area contributed by atoms with Crippen LogP contribution < -0.4 is 15.4 Å². The van der Waals surface area contributed by atoms with Crippen LogP contribution in [0.2, 0.25) is 0 Å². The van der Waals surface area contributed by atoms with E-state index in [4.69, 9.17) is 4.28 Å². The summed E-state index contributed by atoms with van der Waals surface area (Å²) in [5.41, 5.74) is -1.54. The minimum Gasteiger partial charge on any atom is -0.280 e. The van der Waals surface area contributed by atoms with Crippen molar-refractivity contribution in [3.05, 3.63) is 69.2 Å². The number of rotatable bonds is 3. The average Bonchev–Trinajstić information content (AvgIpc) is 2.79. The van der Waals surface area contributed by atoms with Crippen LogP contribution in [0.25, 0.3) is 21.5 Å². The molecule has 27 heavy (non-hydrogen) atoms. The normalized spacial score (nSPS) is 15.9. The Hall–Kier alpha value is -2.67. The molecule has 0 aliphatic heterocycles. The Morgan fingerprint density at radius 3 is 1.67 bits per heavy atom. The molecule has 0 radical (unpaired) electrons. The van der Waals surface area contributed by atoms with E-state index >= 15 is 0 Å². The monoisotopic (exact) mass is 385 g/mol. The molecule has 4 rings (SSSR count). The van der Waals surface area contributed by atoms with Crippen molar-refractivity contribution in [2.45, 2.75) is 37.4 Å². The van der Waals surface area contributed by atoms with Crippen LogP contribution in [0, 0.1) is 0 Å². The molecule has 1 aliphatic carbocycles. The zero-order valence-electron chi connectivity index (χ0n) is 14.6. The Morgan fingerprint density at radius 2 is 1.19 bits per heavy atom. The first kappa shape index (κ1) is 17.7. The second-order valence-corrected chi connectivity index (χ2v) is 8.62. The third-order valence-corrected chi connectivity index (χ3v) is 6.76. The smallest absolute Gasteiger partial charge is 0.280 e. The molecule has 6 nitrogen and oxygen atoms in total. The van der Waals surface area contributed by atoms with Crippen molar-refractivity contribution < 1.29 is 12.7 Å². The van der Waals surface area contributed by atoms with E-state index in [1.165, 1.54) is 0 Å². The van der Waals surface area contributed by atoms with Gasteiger partial charge in [0.15, 0.2) is 0 Å². The number of benzene rings is 2. The van der Waals surface area contributed by atoms with Gasteiger partial charge in [0.2, 0.25) is 0 Å². The molecule has 1 heterocycles. The van der Waals surface area contributed by atoms with Crippen LogP contribution in [-0.2, 0) is 10.1 Å². The molecule has 0 amide bonds. The van der Waals surface area contributed by atoms with Crippen molar-refractivity contribution in [2.24, 2.45) is 0 Å². The van der Waals surface area contributed by atoms with Gasteiger partial charge in [-0.1, -0.05) is 60.4 Å². The summed E-state index contributed by atoms with van der Waals surface area (Å²) < 4.78 is 31.0. The lowest BCUT2D eigenvalue weighted by atomic mass is 10.0. The highest BCUT2D eigenvalue weighted by molar-refractivity contribution is 7.87. The summed E-state index contributed by atoms with van der Waals surface area (Å²) in [6, 6.07) is 13.5. The van der Waals surface area contributed by atoms with Crippen LogP contribution in [0.5, 0.6) is 0 Å². The molecule has 0 unspecified atom stereocenters. The fourth-order valence-corrected chi connectivity index (χ4v) is 5.08. The Balaban J connectivity index is 2.00. The lowest BCUT2D eigenvalue weighted by Crippen LogP contribution is -2.42.